The molecule has 0 amide bonds. The number of hydrogen-bond donors (Lipinski definition) is 0. The van der Waals surface area contributed by atoms with Crippen LogP contribution in [0.4, 0.5) is 119 Å². The molecule has 0 aliphatic carbocycles. The number of aryl methyl sites for hydroxylation is 4. The van der Waals surface area contributed by atoms with E-state index < -0.39 is 100 Å². The van der Waals surface area contributed by atoms with Crippen LogP contribution in [0.2, 0.25) is 0 Å². The Labute approximate surface area is 638 Å². The predicted molar refractivity (Wildman–Crippen MR) is 349 cm³/mol. The van der Waals surface area contributed by atoms with Crippen LogP contribution in [0.1, 0.15) is 66.8 Å². The van der Waals surface area contributed by atoms with E-state index in [2.05, 4.69) is 225 Å². The Hall–Kier alpha value is -6.97. The molecule has 0 heterocycles. The fourth-order valence-corrected chi connectivity index (χ4v) is 18.0. The maximum atomic E-state index is 12.2. The molecule has 0 bridgehead atoms. The van der Waals surface area contributed by atoms with Crippen molar-refractivity contribution in [2.75, 3.05) is 0 Å². The van der Waals surface area contributed by atoms with Crippen LogP contribution in [0.5, 0.6) is 0 Å². The Balaban J connectivity index is 0.000000355. The highest BCUT2D eigenvalue weighted by molar-refractivity contribution is 7.97. The van der Waals surface area contributed by atoms with Crippen molar-refractivity contribution < 1.29 is 179 Å². The van der Waals surface area contributed by atoms with Crippen LogP contribution in [0.15, 0.2) is 199 Å². The van der Waals surface area contributed by atoms with Crippen LogP contribution in [-0.2, 0) is 65.0 Å². The molecule has 8 rings (SSSR count). The molecule has 0 atom stereocenters. The molecule has 0 aromatic heterocycles. The lowest BCUT2D eigenvalue weighted by molar-refractivity contribution is -0.597. The molecule has 9 nitrogen and oxygen atoms in total. The largest absolute Gasteiger partial charge is 0.743 e. The third-order valence-electron chi connectivity index (χ3n) is 16.6. The van der Waals surface area contributed by atoms with Gasteiger partial charge in [0.15, 0.2) is 66.9 Å². The van der Waals surface area contributed by atoms with E-state index in [9.17, 15) is 157 Å². The molecular weight excluding hydrogens is 1780 g/mol. The molecule has 0 spiro atoms. The van der Waals surface area contributed by atoms with E-state index in [1.807, 2.05) is 0 Å². The molecule has 0 aliphatic rings. The first-order valence-corrected chi connectivity index (χ1v) is 39.6. The highest BCUT2D eigenvalue weighted by atomic mass is 127. The van der Waals surface area contributed by atoms with Crippen LogP contribution < -0.4 is 21.2 Å². The zero-order valence-corrected chi connectivity index (χ0v) is 64.1. The second-order valence-electron chi connectivity index (χ2n) is 24.2. The summed E-state index contributed by atoms with van der Waals surface area (Å²) in [5, 5.41) is -21.3. The van der Waals surface area contributed by atoms with Gasteiger partial charge in [0, 0.05) is 22.3 Å². The minimum atomic E-state index is -7.43. The molecule has 0 N–H and O–H groups in total. The topological polar surface area (TPSA) is 172 Å². The molecule has 616 valence electrons. The van der Waals surface area contributed by atoms with Gasteiger partial charge >= 0.3 is 91.0 Å². The summed E-state index contributed by atoms with van der Waals surface area (Å²) in [5.41, 5.74) is 16.4. The first kappa shape index (κ1) is 95.6. The summed E-state index contributed by atoms with van der Waals surface area (Å²) in [6.07, 6.45) is -19.6. The number of hydrogen-bond acceptors (Lipinski definition) is 9. The molecule has 0 radical (unpaired) electrons. The van der Waals surface area contributed by atoms with E-state index in [-0.39, 0.29) is 43.0 Å². The Morgan fingerprint density at radius 3 is 0.616 bits per heavy atom. The van der Waals surface area contributed by atoms with Gasteiger partial charge in [0.2, 0.25) is 0 Å². The summed E-state index contributed by atoms with van der Waals surface area (Å²) in [7, 11) is -22.6. The van der Waals surface area contributed by atoms with Gasteiger partial charge in [-0.2, -0.15) is 119 Å². The normalized spacial score (nSPS) is 13.6. The molecule has 8 aromatic rings. The summed E-state index contributed by atoms with van der Waals surface area (Å²) >= 11 is -0.251. The summed E-state index contributed by atoms with van der Waals surface area (Å²) in [6.45, 7) is 18.0. The summed E-state index contributed by atoms with van der Waals surface area (Å²) in [4.78, 5) is 8.45. The highest BCUT2D eigenvalue weighted by Gasteiger charge is 2.86. The van der Waals surface area contributed by atoms with Crippen LogP contribution in [0, 0.1) is 62.5 Å². The van der Waals surface area contributed by atoms with Crippen LogP contribution in [-0.4, -0.2) is 109 Å². The van der Waals surface area contributed by atoms with E-state index >= 15 is 0 Å². The molecule has 42 heteroatoms. The molecule has 0 unspecified atom stereocenters. The maximum Gasteiger partial charge on any atom is 0.460 e. The second-order valence-corrected chi connectivity index (χ2v) is 35.5. The fraction of sp³-hybridized carbons (Fsp3) is 0.314. The van der Waals surface area contributed by atoms with Crippen LogP contribution in [0.25, 0.3) is 0 Å². The summed E-state index contributed by atoms with van der Waals surface area (Å²) < 4.78 is 409. The molecule has 0 saturated heterocycles. The van der Waals surface area contributed by atoms with Crippen molar-refractivity contribution in [3.05, 3.63) is 244 Å². The maximum absolute atomic E-state index is 12.2. The van der Waals surface area contributed by atoms with Crippen molar-refractivity contribution in [2.45, 2.75) is 167 Å². The Kier molecular flexibility index (Phi) is 29.1. The average molecular weight is 1840 g/mol. The molecule has 112 heavy (non-hydrogen) atoms. The van der Waals surface area contributed by atoms with Gasteiger partial charge in [-0.15, -0.1) is 0 Å². The van der Waals surface area contributed by atoms with Gasteiger partial charge in [-0.05, 0) is 186 Å². The zero-order chi connectivity index (χ0) is 86.1. The van der Waals surface area contributed by atoms with E-state index in [4.69, 9.17) is 0 Å². The van der Waals surface area contributed by atoms with E-state index in [1.165, 1.54) is 103 Å². The Morgan fingerprint density at radius 1 is 0.268 bits per heavy atom. The number of halogens is 28. The minimum absolute atomic E-state index is 0.162. The van der Waals surface area contributed by atoms with Crippen molar-refractivity contribution in [1.82, 2.24) is 0 Å². The first-order valence-electron chi connectivity index (χ1n) is 30.7. The standard InChI is InChI=1S/C58H56IS2.3C4HF9O3S/c1-39-13-9-17-55(43(39)5)60(56-18-10-14-40(2)44(56)6)53-33-25-49(26-34-53)37-47-21-29-51(30-22-47)59-52-31-23-48(24-32-52)38-50-27-35-54(36-28-50)61(57-19-11-15-41(3)45(57)7)58-20-12-16-42(4)46(58)8;3*5-1(6,3(9,10)11)2(7,8)4(12,13)17(14,15)16/h9-36H,37-38H2,1-8H3;3*(H,14,15,16)/q+3;;;/p-3. The first-order chi connectivity index (χ1) is 50.5. The van der Waals surface area contributed by atoms with Crippen molar-refractivity contribution >= 4 is 52.1 Å². The number of rotatable bonds is 21. The summed E-state index contributed by atoms with van der Waals surface area (Å²) in [6, 6.07) is 64.7. The van der Waals surface area contributed by atoms with Crippen molar-refractivity contribution in [3.8, 4) is 0 Å². The second kappa shape index (κ2) is 34.1. The lowest BCUT2D eigenvalue weighted by atomic mass is 10.1. The van der Waals surface area contributed by atoms with Crippen LogP contribution >= 0.6 is 0 Å². The van der Waals surface area contributed by atoms with Crippen molar-refractivity contribution in [3.63, 3.8) is 0 Å². The monoisotopic (exact) mass is 1840 g/mol. The minimum Gasteiger partial charge on any atom is -0.743 e. The zero-order valence-electron chi connectivity index (χ0n) is 57.9. The Morgan fingerprint density at radius 2 is 0.446 bits per heavy atom. The van der Waals surface area contributed by atoms with Gasteiger partial charge in [0.05, 0.1) is 21.8 Å². The number of benzene rings is 8. The molecular formula is C70H56F27IO9S5. The summed E-state index contributed by atoms with van der Waals surface area (Å²) in [5.74, 6) is -44.5. The molecule has 0 saturated carbocycles. The smallest absolute Gasteiger partial charge is 0.460 e. The number of alkyl halides is 27. The molecule has 0 fully saturated rings. The van der Waals surface area contributed by atoms with Crippen LogP contribution in [0.3, 0.4) is 0 Å². The van der Waals surface area contributed by atoms with E-state index in [0.29, 0.717) is 0 Å². The lowest BCUT2D eigenvalue weighted by Crippen LogP contribution is -3.61. The fourth-order valence-electron chi connectivity index (χ4n) is 9.49. The predicted octanol–water partition coefficient (Wildman–Crippen LogP) is 17.5. The molecule has 8 aromatic carbocycles. The van der Waals surface area contributed by atoms with E-state index in [1.54, 1.807) is 0 Å². The quantitative estimate of drug-likeness (QED) is 0.0294. The van der Waals surface area contributed by atoms with Gasteiger partial charge in [-0.1, -0.05) is 97.1 Å². The molecule has 0 aliphatic heterocycles. The third-order valence-corrected chi connectivity index (χ3v) is 26.9. The SMILES string of the molecule is Cc1cccc([S+](c2ccc(Cc3ccc([I+]c4ccc(Cc5ccc([S+](c6cccc(C)c6C)c6cccc(C)c6C)cc5)cc4)cc3)cc2)c2cccc(C)c2C)c1C.O=S(=O)([O-])C(F)(F)C(F)(F)C(F)(F)C(F)(F)F.O=S(=O)([O-])C(F)(F)C(F)(F)C(F)(F)C(F)(F)F.O=S(=O)([O-])C(F)(F)C(F)(F)C(F)(F)C(F)(F)F. The van der Waals surface area contributed by atoms with Gasteiger partial charge in [0.25, 0.3) is 0 Å². The average Bonchev–Trinajstić information content (AvgIpc) is 0.736. The van der Waals surface area contributed by atoms with Gasteiger partial charge in [0.1, 0.15) is 0 Å². The third kappa shape index (κ3) is 19.8. The van der Waals surface area contributed by atoms with Gasteiger partial charge < -0.3 is 13.7 Å². The lowest BCUT2D eigenvalue weighted by Gasteiger charge is -2.34. The highest BCUT2D eigenvalue weighted by Crippen LogP contribution is 2.57. The van der Waals surface area contributed by atoms with Gasteiger partial charge in [-0.25, -0.2) is 25.3 Å². The Bertz CT molecular complexity index is 4500. The van der Waals surface area contributed by atoms with Gasteiger partial charge in [-0.3, -0.25) is 0 Å². The van der Waals surface area contributed by atoms with Crippen molar-refractivity contribution in [1.29, 1.82) is 0 Å². The van der Waals surface area contributed by atoms with Crippen molar-refractivity contribution in [2.24, 2.45) is 0 Å². The van der Waals surface area contributed by atoms with E-state index in [0.717, 1.165) is 12.8 Å².